The summed E-state index contributed by atoms with van der Waals surface area (Å²) in [6.45, 7) is 3.35. The third kappa shape index (κ3) is 6.33. The Morgan fingerprint density at radius 3 is 2.26 bits per heavy atom. The van der Waals surface area contributed by atoms with Gasteiger partial charge in [-0.1, -0.05) is 26.0 Å². The van der Waals surface area contributed by atoms with Crippen molar-refractivity contribution in [3.63, 3.8) is 0 Å². The van der Waals surface area contributed by atoms with Crippen LogP contribution in [-0.4, -0.2) is 48.4 Å². The van der Waals surface area contributed by atoms with E-state index < -0.39 is 23.5 Å². The minimum absolute atomic E-state index is 0.0364. The maximum Gasteiger partial charge on any atom is 0.242 e. The van der Waals surface area contributed by atoms with E-state index in [9.17, 15) is 19.5 Å². The molecule has 27 heavy (non-hydrogen) atoms. The van der Waals surface area contributed by atoms with Crippen LogP contribution >= 0.6 is 0 Å². The fraction of sp³-hybridized carbons (Fsp3) is 0.526. The minimum Gasteiger partial charge on any atom is -0.399 e. The predicted molar refractivity (Wildman–Crippen MR) is 104 cm³/mol. The van der Waals surface area contributed by atoms with Gasteiger partial charge in [0.25, 0.3) is 0 Å². The second-order valence-corrected chi connectivity index (χ2v) is 7.12. The molecule has 3 atom stereocenters. The van der Waals surface area contributed by atoms with Crippen molar-refractivity contribution in [2.75, 3.05) is 19.3 Å². The van der Waals surface area contributed by atoms with E-state index in [-0.39, 0.29) is 31.2 Å². The summed E-state index contributed by atoms with van der Waals surface area (Å²) in [7, 11) is 1.47. The molecule has 7 N–H and O–H groups in total. The summed E-state index contributed by atoms with van der Waals surface area (Å²) in [6.07, 6.45) is 0.789. The molecule has 0 radical (unpaired) electrons. The molecule has 0 aliphatic heterocycles. The highest BCUT2D eigenvalue weighted by Crippen LogP contribution is 2.23. The molecule has 0 fully saturated rings. The molecule has 1 aromatic carbocycles. The van der Waals surface area contributed by atoms with Crippen molar-refractivity contribution in [1.29, 1.82) is 0 Å². The molecule has 0 aromatic heterocycles. The summed E-state index contributed by atoms with van der Waals surface area (Å²) in [5.41, 5.74) is 10.6. The van der Waals surface area contributed by atoms with Gasteiger partial charge in [0.05, 0.1) is 5.92 Å². The third-order valence-electron chi connectivity index (χ3n) is 4.46. The van der Waals surface area contributed by atoms with Gasteiger partial charge in [-0.2, -0.15) is 0 Å². The summed E-state index contributed by atoms with van der Waals surface area (Å²) in [4.78, 5) is 36.5. The van der Waals surface area contributed by atoms with Crippen molar-refractivity contribution in [2.24, 2.45) is 17.6 Å². The van der Waals surface area contributed by atoms with E-state index in [0.29, 0.717) is 12.0 Å². The molecule has 0 spiro atoms. The van der Waals surface area contributed by atoms with Crippen LogP contribution in [0.3, 0.4) is 0 Å². The quantitative estimate of drug-likeness (QED) is 0.276. The van der Waals surface area contributed by atoms with E-state index >= 15 is 0 Å². The number of rotatable bonds is 10. The average Bonchev–Trinajstić information content (AvgIpc) is 2.65. The maximum atomic E-state index is 12.8. The van der Waals surface area contributed by atoms with E-state index in [0.717, 1.165) is 5.56 Å². The van der Waals surface area contributed by atoms with E-state index in [4.69, 9.17) is 11.5 Å². The third-order valence-corrected chi connectivity index (χ3v) is 4.46. The molecule has 1 rings (SSSR count). The lowest BCUT2D eigenvalue weighted by molar-refractivity contribution is -0.144. The molecule has 0 bridgehead atoms. The molecule has 0 heterocycles. The van der Waals surface area contributed by atoms with Crippen LogP contribution in [-0.2, 0) is 20.8 Å². The summed E-state index contributed by atoms with van der Waals surface area (Å²) in [5.74, 6) is -1.99. The smallest absolute Gasteiger partial charge is 0.242 e. The normalized spacial score (nSPS) is 15.5. The van der Waals surface area contributed by atoms with E-state index in [1.807, 2.05) is 13.8 Å². The van der Waals surface area contributed by atoms with Gasteiger partial charge in [-0.05, 0) is 30.0 Å². The van der Waals surface area contributed by atoms with Crippen LogP contribution < -0.4 is 22.1 Å². The monoisotopic (exact) mass is 378 g/mol. The molecule has 0 aliphatic rings. The first-order valence-corrected chi connectivity index (χ1v) is 8.92. The highest BCUT2D eigenvalue weighted by molar-refractivity contribution is 5.90. The average molecular weight is 378 g/mol. The van der Waals surface area contributed by atoms with Crippen molar-refractivity contribution in [3.05, 3.63) is 29.8 Å². The molecule has 1 aromatic rings. The first-order valence-electron chi connectivity index (χ1n) is 8.92. The van der Waals surface area contributed by atoms with Gasteiger partial charge in [0, 0.05) is 25.7 Å². The Kier molecular flexibility index (Phi) is 8.39. The summed E-state index contributed by atoms with van der Waals surface area (Å²) in [6, 6.07) is 6.09. The first kappa shape index (κ1) is 22.6. The number of nitrogen functional groups attached to an aromatic ring is 1. The predicted octanol–water partition coefficient (Wildman–Crippen LogP) is -0.407. The standard InChI is InChI=1S/C19H30N4O4/c1-12(2)8-15(19(27,10-20)11-24)17(25)23-16(18(26)22-3)9-13-4-6-14(21)7-5-13/h4-7,11-12,15-16,27H,8-10,20-21H2,1-3H3,(H,22,26)(H,23,25)/t15?,16?,19-/m0/s1. The Hall–Kier alpha value is -2.45. The molecule has 0 saturated heterocycles. The lowest BCUT2D eigenvalue weighted by Gasteiger charge is -2.32. The second kappa shape index (κ2) is 10.0. The minimum atomic E-state index is -1.98. The van der Waals surface area contributed by atoms with Gasteiger partial charge in [0.15, 0.2) is 6.29 Å². The van der Waals surface area contributed by atoms with Crippen molar-refractivity contribution < 1.29 is 19.5 Å². The zero-order valence-corrected chi connectivity index (χ0v) is 16.1. The number of amides is 2. The number of likely N-dealkylation sites (N-methyl/N-ethyl adjacent to an activating group) is 1. The van der Waals surface area contributed by atoms with E-state index in [2.05, 4.69) is 10.6 Å². The highest BCUT2D eigenvalue weighted by Gasteiger charge is 2.41. The fourth-order valence-corrected chi connectivity index (χ4v) is 2.83. The topological polar surface area (TPSA) is 148 Å². The van der Waals surface area contributed by atoms with Crippen molar-refractivity contribution >= 4 is 23.8 Å². The number of carbonyl (C=O) groups is 3. The molecule has 2 amide bonds. The Morgan fingerprint density at radius 1 is 1.22 bits per heavy atom. The van der Waals surface area contributed by atoms with Gasteiger partial charge >= 0.3 is 0 Å². The lowest BCUT2D eigenvalue weighted by Crippen LogP contribution is -2.56. The summed E-state index contributed by atoms with van der Waals surface area (Å²) >= 11 is 0. The molecule has 8 heteroatoms. The molecule has 150 valence electrons. The van der Waals surface area contributed by atoms with Gasteiger partial charge in [0.2, 0.25) is 11.8 Å². The zero-order valence-electron chi connectivity index (χ0n) is 16.1. The van der Waals surface area contributed by atoms with E-state index in [1.54, 1.807) is 24.3 Å². The van der Waals surface area contributed by atoms with Crippen LogP contribution in [0.15, 0.2) is 24.3 Å². The van der Waals surface area contributed by atoms with Crippen LogP contribution in [0.4, 0.5) is 5.69 Å². The molecular formula is C19H30N4O4. The van der Waals surface area contributed by atoms with Crippen molar-refractivity contribution in [1.82, 2.24) is 10.6 Å². The van der Waals surface area contributed by atoms with Gasteiger partial charge < -0.3 is 32.0 Å². The van der Waals surface area contributed by atoms with Crippen molar-refractivity contribution in [2.45, 2.75) is 38.3 Å². The Balaban J connectivity index is 3.05. The maximum absolute atomic E-state index is 12.8. The number of aliphatic hydroxyl groups is 1. The van der Waals surface area contributed by atoms with Crippen LogP contribution in [0.1, 0.15) is 25.8 Å². The van der Waals surface area contributed by atoms with Crippen LogP contribution in [0.2, 0.25) is 0 Å². The van der Waals surface area contributed by atoms with Gasteiger partial charge in [-0.25, -0.2) is 0 Å². The van der Waals surface area contributed by atoms with Crippen LogP contribution in [0.5, 0.6) is 0 Å². The molecule has 0 saturated carbocycles. The van der Waals surface area contributed by atoms with Crippen LogP contribution in [0, 0.1) is 11.8 Å². The number of nitrogens with one attached hydrogen (secondary N) is 2. The summed E-state index contributed by atoms with van der Waals surface area (Å²) in [5, 5.41) is 15.6. The number of nitrogens with two attached hydrogens (primary N) is 2. The highest BCUT2D eigenvalue weighted by atomic mass is 16.3. The van der Waals surface area contributed by atoms with Gasteiger partial charge in [0.1, 0.15) is 11.6 Å². The molecular weight excluding hydrogens is 348 g/mol. The Bertz CT molecular complexity index is 648. The second-order valence-electron chi connectivity index (χ2n) is 7.12. The van der Waals surface area contributed by atoms with Gasteiger partial charge in [-0.15, -0.1) is 0 Å². The largest absolute Gasteiger partial charge is 0.399 e. The number of hydrogen-bond donors (Lipinski definition) is 5. The first-order chi connectivity index (χ1) is 12.7. The number of carbonyl (C=O) groups excluding carboxylic acids is 3. The molecule has 8 nitrogen and oxygen atoms in total. The zero-order chi connectivity index (χ0) is 20.6. The van der Waals surface area contributed by atoms with E-state index in [1.165, 1.54) is 7.05 Å². The van der Waals surface area contributed by atoms with Crippen molar-refractivity contribution in [3.8, 4) is 0 Å². The van der Waals surface area contributed by atoms with Gasteiger partial charge in [-0.3, -0.25) is 9.59 Å². The fourth-order valence-electron chi connectivity index (χ4n) is 2.83. The number of benzene rings is 1. The number of anilines is 1. The Labute approximate surface area is 159 Å². The number of aldehydes is 1. The molecule has 2 unspecified atom stereocenters. The summed E-state index contributed by atoms with van der Waals surface area (Å²) < 4.78 is 0. The van der Waals surface area contributed by atoms with Crippen LogP contribution in [0.25, 0.3) is 0 Å². The molecule has 0 aliphatic carbocycles. The number of hydrogen-bond acceptors (Lipinski definition) is 6. The SMILES string of the molecule is CNC(=O)C(Cc1ccc(N)cc1)NC(=O)C(CC(C)C)[C@@](O)(C=O)CN. The Morgan fingerprint density at radius 2 is 1.81 bits per heavy atom. The lowest BCUT2D eigenvalue weighted by atomic mass is 9.81.